The van der Waals surface area contributed by atoms with E-state index in [1.807, 2.05) is 44.4 Å². The summed E-state index contributed by atoms with van der Waals surface area (Å²) in [6.07, 6.45) is 0. The predicted octanol–water partition coefficient (Wildman–Crippen LogP) is 3.68. The van der Waals surface area contributed by atoms with Crippen molar-refractivity contribution in [1.82, 2.24) is 29.7 Å². The highest BCUT2D eigenvalue weighted by atomic mass is 32.2. The van der Waals surface area contributed by atoms with Gasteiger partial charge in [0.05, 0.1) is 11.4 Å². The molecule has 31 heavy (non-hydrogen) atoms. The van der Waals surface area contributed by atoms with Crippen molar-refractivity contribution in [2.24, 2.45) is 0 Å². The number of nitrogens with two attached hydrogens (primary N) is 1. The minimum Gasteiger partial charge on any atom is -0.368 e. The standard InChI is InChI=1S/C22H24N8S/c1-14-10-11-17(12-15(14)2)30-19(16-8-6-5-7-9-16)27-28-22(30)31-13-18-24-20(23)26-21(25-18)29(3)4/h5-12H,13H2,1-4H3,(H2,23,24,25,26). The Morgan fingerprint density at radius 3 is 2.42 bits per heavy atom. The van der Waals surface area contributed by atoms with Crippen LogP contribution in [0.1, 0.15) is 17.0 Å². The fourth-order valence-corrected chi connectivity index (χ4v) is 3.86. The molecule has 4 rings (SSSR count). The molecule has 0 spiro atoms. The molecule has 2 aromatic carbocycles. The lowest BCUT2D eigenvalue weighted by Crippen LogP contribution is -2.16. The summed E-state index contributed by atoms with van der Waals surface area (Å²) in [5.41, 5.74) is 10.3. The number of hydrogen-bond donors (Lipinski definition) is 1. The van der Waals surface area contributed by atoms with E-state index < -0.39 is 0 Å². The molecule has 4 aromatic rings. The highest BCUT2D eigenvalue weighted by Crippen LogP contribution is 2.30. The second kappa shape index (κ2) is 8.73. The summed E-state index contributed by atoms with van der Waals surface area (Å²) in [5, 5.41) is 9.73. The molecule has 0 saturated carbocycles. The molecule has 0 aliphatic rings. The minimum absolute atomic E-state index is 0.204. The molecular formula is C22H24N8S. The zero-order valence-electron chi connectivity index (χ0n) is 17.9. The van der Waals surface area contributed by atoms with Crippen LogP contribution in [0.2, 0.25) is 0 Å². The first-order valence-electron chi connectivity index (χ1n) is 9.81. The van der Waals surface area contributed by atoms with Gasteiger partial charge in [-0.25, -0.2) is 0 Å². The van der Waals surface area contributed by atoms with Gasteiger partial charge in [-0.1, -0.05) is 48.2 Å². The molecule has 9 heteroatoms. The molecule has 0 aliphatic carbocycles. The predicted molar refractivity (Wildman–Crippen MR) is 124 cm³/mol. The summed E-state index contributed by atoms with van der Waals surface area (Å²) in [5.74, 6) is 2.61. The van der Waals surface area contributed by atoms with Crippen molar-refractivity contribution in [3.05, 3.63) is 65.5 Å². The average Bonchev–Trinajstić information content (AvgIpc) is 3.18. The quantitative estimate of drug-likeness (QED) is 0.461. The molecule has 0 bridgehead atoms. The fourth-order valence-electron chi connectivity index (χ4n) is 3.05. The van der Waals surface area contributed by atoms with E-state index in [0.29, 0.717) is 17.5 Å². The van der Waals surface area contributed by atoms with Crippen LogP contribution in [0.5, 0.6) is 0 Å². The number of nitrogens with zero attached hydrogens (tertiary/aromatic N) is 7. The molecule has 0 atom stereocenters. The van der Waals surface area contributed by atoms with E-state index in [2.05, 4.69) is 61.8 Å². The second-order valence-corrected chi connectivity index (χ2v) is 8.31. The highest BCUT2D eigenvalue weighted by molar-refractivity contribution is 7.98. The third kappa shape index (κ3) is 4.51. The highest BCUT2D eigenvalue weighted by Gasteiger charge is 2.17. The molecule has 2 aromatic heterocycles. The van der Waals surface area contributed by atoms with Gasteiger partial charge in [0, 0.05) is 19.7 Å². The van der Waals surface area contributed by atoms with Gasteiger partial charge >= 0.3 is 0 Å². The molecule has 2 heterocycles. The van der Waals surface area contributed by atoms with Crippen LogP contribution in [0.3, 0.4) is 0 Å². The Labute approximate surface area is 185 Å². The van der Waals surface area contributed by atoms with Gasteiger partial charge in [0.1, 0.15) is 5.82 Å². The third-order valence-corrected chi connectivity index (χ3v) is 5.76. The van der Waals surface area contributed by atoms with Crippen molar-refractivity contribution in [3.8, 4) is 17.1 Å². The maximum absolute atomic E-state index is 5.87. The number of rotatable bonds is 6. The fraction of sp³-hybridized carbons (Fsp3) is 0.227. The van der Waals surface area contributed by atoms with Gasteiger partial charge in [0.15, 0.2) is 11.0 Å². The Morgan fingerprint density at radius 1 is 0.935 bits per heavy atom. The van der Waals surface area contributed by atoms with Crippen LogP contribution < -0.4 is 10.6 Å². The molecule has 0 amide bonds. The number of nitrogen functional groups attached to an aromatic ring is 1. The lowest BCUT2D eigenvalue weighted by Gasteiger charge is -2.13. The Hall–Kier alpha value is -3.46. The number of benzene rings is 2. The number of thioether (sulfide) groups is 1. The van der Waals surface area contributed by atoms with Gasteiger partial charge in [-0.15, -0.1) is 10.2 Å². The van der Waals surface area contributed by atoms with Crippen LogP contribution in [-0.4, -0.2) is 43.8 Å². The molecule has 158 valence electrons. The first-order chi connectivity index (χ1) is 14.9. The number of hydrogen-bond acceptors (Lipinski definition) is 8. The van der Waals surface area contributed by atoms with E-state index in [4.69, 9.17) is 5.73 Å². The Kier molecular flexibility index (Phi) is 5.85. The summed E-state index contributed by atoms with van der Waals surface area (Å²) in [6, 6.07) is 16.4. The van der Waals surface area contributed by atoms with E-state index >= 15 is 0 Å². The Bertz CT molecular complexity index is 1200. The van der Waals surface area contributed by atoms with Crippen LogP contribution in [0, 0.1) is 13.8 Å². The molecule has 0 fully saturated rings. The minimum atomic E-state index is 0.204. The van der Waals surface area contributed by atoms with Gasteiger partial charge in [-0.3, -0.25) is 4.57 Å². The first-order valence-corrected chi connectivity index (χ1v) is 10.8. The zero-order chi connectivity index (χ0) is 22.0. The topological polar surface area (TPSA) is 98.6 Å². The summed E-state index contributed by atoms with van der Waals surface area (Å²) >= 11 is 1.51. The summed E-state index contributed by atoms with van der Waals surface area (Å²) in [7, 11) is 3.74. The maximum Gasteiger partial charge on any atom is 0.229 e. The zero-order valence-corrected chi connectivity index (χ0v) is 18.8. The lowest BCUT2D eigenvalue weighted by molar-refractivity contribution is 0.877. The maximum atomic E-state index is 5.87. The van der Waals surface area contributed by atoms with Crippen LogP contribution in [-0.2, 0) is 5.75 Å². The van der Waals surface area contributed by atoms with Crippen molar-refractivity contribution in [2.75, 3.05) is 24.7 Å². The van der Waals surface area contributed by atoms with Gasteiger partial charge in [0.2, 0.25) is 11.9 Å². The van der Waals surface area contributed by atoms with Crippen molar-refractivity contribution in [1.29, 1.82) is 0 Å². The molecular weight excluding hydrogens is 408 g/mol. The SMILES string of the molecule is Cc1ccc(-n2c(SCc3nc(N)nc(N(C)C)n3)nnc2-c2ccccc2)cc1C. The third-order valence-electron chi connectivity index (χ3n) is 4.83. The van der Waals surface area contributed by atoms with Crippen LogP contribution >= 0.6 is 11.8 Å². The van der Waals surface area contributed by atoms with Gasteiger partial charge in [-0.05, 0) is 37.1 Å². The smallest absolute Gasteiger partial charge is 0.229 e. The van der Waals surface area contributed by atoms with Gasteiger partial charge in [-0.2, -0.15) is 15.0 Å². The van der Waals surface area contributed by atoms with Crippen LogP contribution in [0.4, 0.5) is 11.9 Å². The van der Waals surface area contributed by atoms with Crippen molar-refractivity contribution < 1.29 is 0 Å². The van der Waals surface area contributed by atoms with E-state index in [1.165, 1.54) is 22.9 Å². The largest absolute Gasteiger partial charge is 0.368 e. The second-order valence-electron chi connectivity index (χ2n) is 7.37. The van der Waals surface area contributed by atoms with E-state index in [9.17, 15) is 0 Å². The lowest BCUT2D eigenvalue weighted by atomic mass is 10.1. The summed E-state index contributed by atoms with van der Waals surface area (Å²) in [4.78, 5) is 14.7. The molecule has 0 unspecified atom stereocenters. The monoisotopic (exact) mass is 432 g/mol. The normalized spacial score (nSPS) is 11.0. The Morgan fingerprint density at radius 2 is 1.71 bits per heavy atom. The number of aromatic nitrogens is 6. The van der Waals surface area contributed by atoms with Crippen molar-refractivity contribution in [3.63, 3.8) is 0 Å². The summed E-state index contributed by atoms with van der Waals surface area (Å²) in [6.45, 7) is 4.21. The van der Waals surface area contributed by atoms with Gasteiger partial charge in [0.25, 0.3) is 0 Å². The summed E-state index contributed by atoms with van der Waals surface area (Å²) < 4.78 is 2.07. The molecule has 2 N–H and O–H groups in total. The molecule has 8 nitrogen and oxygen atoms in total. The van der Waals surface area contributed by atoms with E-state index in [0.717, 1.165) is 22.2 Å². The van der Waals surface area contributed by atoms with E-state index in [1.54, 1.807) is 4.90 Å². The van der Waals surface area contributed by atoms with Crippen molar-refractivity contribution >= 4 is 23.7 Å². The van der Waals surface area contributed by atoms with Crippen LogP contribution in [0.25, 0.3) is 17.1 Å². The van der Waals surface area contributed by atoms with Crippen LogP contribution in [0.15, 0.2) is 53.7 Å². The van der Waals surface area contributed by atoms with Gasteiger partial charge < -0.3 is 10.6 Å². The molecule has 0 radical (unpaired) electrons. The molecule has 0 saturated heterocycles. The van der Waals surface area contributed by atoms with Crippen molar-refractivity contribution in [2.45, 2.75) is 24.8 Å². The first kappa shape index (κ1) is 20.8. The average molecular weight is 433 g/mol. The molecule has 0 aliphatic heterocycles. The number of anilines is 2. The van der Waals surface area contributed by atoms with E-state index in [-0.39, 0.29) is 5.95 Å². The number of aryl methyl sites for hydroxylation is 2. The Balaban J connectivity index is 1.73.